The molecule has 0 saturated heterocycles. The molecule has 0 aliphatic heterocycles. The second-order valence-electron chi connectivity index (χ2n) is 3.80. The van der Waals surface area contributed by atoms with E-state index in [1.807, 2.05) is 0 Å². The van der Waals surface area contributed by atoms with E-state index in [2.05, 4.69) is 15.2 Å². The van der Waals surface area contributed by atoms with E-state index in [0.29, 0.717) is 5.82 Å². The van der Waals surface area contributed by atoms with Crippen LogP contribution in [0.4, 0.5) is 4.39 Å². The van der Waals surface area contributed by atoms with Crippen LogP contribution in [0.1, 0.15) is 5.82 Å². The van der Waals surface area contributed by atoms with Crippen molar-refractivity contribution in [2.75, 3.05) is 7.05 Å². The van der Waals surface area contributed by atoms with Crippen molar-refractivity contribution in [2.24, 2.45) is 0 Å². The van der Waals surface area contributed by atoms with Crippen molar-refractivity contribution in [2.45, 2.75) is 11.4 Å². The molecule has 6 nitrogen and oxygen atoms in total. The predicted octanol–water partition coefficient (Wildman–Crippen LogP) is 1.42. The number of nitrogens with one attached hydrogen (secondary N) is 1. The smallest absolute Gasteiger partial charge is 0.243 e. The minimum absolute atomic E-state index is 0.00351. The van der Waals surface area contributed by atoms with E-state index in [1.165, 1.54) is 19.4 Å². The fourth-order valence-electron chi connectivity index (χ4n) is 1.46. The van der Waals surface area contributed by atoms with Crippen LogP contribution in [0, 0.1) is 5.82 Å². The van der Waals surface area contributed by atoms with E-state index >= 15 is 0 Å². The molecule has 0 unspecified atom stereocenters. The number of aromatic amines is 1. The Morgan fingerprint density at radius 1 is 1.42 bits per heavy atom. The summed E-state index contributed by atoms with van der Waals surface area (Å²) in [6.45, 7) is -0.00351. The van der Waals surface area contributed by atoms with Crippen LogP contribution in [-0.2, 0) is 16.6 Å². The SMILES string of the molecule is CN(Cc1ncn[nH]1)S(=O)(=O)c1cc(F)cc(Cl)c1. The summed E-state index contributed by atoms with van der Waals surface area (Å²) in [5.74, 6) is -0.326. The van der Waals surface area contributed by atoms with E-state index in [0.717, 1.165) is 16.4 Å². The fraction of sp³-hybridized carbons (Fsp3) is 0.200. The lowest BCUT2D eigenvalue weighted by molar-refractivity contribution is 0.456. The van der Waals surface area contributed by atoms with Crippen molar-refractivity contribution in [3.63, 3.8) is 0 Å². The Morgan fingerprint density at radius 2 is 2.16 bits per heavy atom. The van der Waals surface area contributed by atoms with Crippen molar-refractivity contribution in [3.05, 3.63) is 41.2 Å². The first-order valence-electron chi connectivity index (χ1n) is 5.16. The standard InChI is InChI=1S/C10H10ClFN4O2S/c1-16(5-10-13-6-14-15-10)19(17,18)9-3-7(11)2-8(12)4-9/h2-4,6H,5H2,1H3,(H,13,14,15). The molecule has 0 aliphatic carbocycles. The zero-order chi connectivity index (χ0) is 14.0. The number of sulfonamides is 1. The Morgan fingerprint density at radius 3 is 2.74 bits per heavy atom. The third-order valence-electron chi connectivity index (χ3n) is 2.38. The molecule has 0 spiro atoms. The highest BCUT2D eigenvalue weighted by Crippen LogP contribution is 2.21. The van der Waals surface area contributed by atoms with Gasteiger partial charge in [0.2, 0.25) is 10.0 Å². The third kappa shape index (κ3) is 3.09. The molecule has 1 N–H and O–H groups in total. The molecule has 9 heteroatoms. The van der Waals surface area contributed by atoms with Crippen molar-refractivity contribution < 1.29 is 12.8 Å². The number of hydrogen-bond acceptors (Lipinski definition) is 4. The summed E-state index contributed by atoms with van der Waals surface area (Å²) in [7, 11) is -2.48. The van der Waals surface area contributed by atoms with Gasteiger partial charge in [-0.1, -0.05) is 11.6 Å². The molecule has 1 heterocycles. The number of nitrogens with zero attached hydrogens (tertiary/aromatic N) is 3. The highest BCUT2D eigenvalue weighted by atomic mass is 35.5. The summed E-state index contributed by atoms with van der Waals surface area (Å²) in [5.41, 5.74) is 0. The minimum atomic E-state index is -3.84. The van der Waals surface area contributed by atoms with Crippen molar-refractivity contribution in [3.8, 4) is 0 Å². The van der Waals surface area contributed by atoms with Crippen LogP contribution in [0.25, 0.3) is 0 Å². The third-order valence-corrected chi connectivity index (χ3v) is 4.38. The van der Waals surface area contributed by atoms with Gasteiger partial charge in [0.1, 0.15) is 18.0 Å². The molecule has 0 fully saturated rings. The summed E-state index contributed by atoms with van der Waals surface area (Å²) in [4.78, 5) is 3.62. The average molecular weight is 305 g/mol. The molecule has 19 heavy (non-hydrogen) atoms. The van der Waals surface area contributed by atoms with E-state index in [-0.39, 0.29) is 16.5 Å². The predicted molar refractivity (Wildman–Crippen MR) is 66.4 cm³/mol. The number of rotatable bonds is 4. The first-order chi connectivity index (χ1) is 8.89. The molecule has 0 amide bonds. The van der Waals surface area contributed by atoms with Crippen LogP contribution in [0.5, 0.6) is 0 Å². The number of H-pyrrole nitrogens is 1. The van der Waals surface area contributed by atoms with Crippen LogP contribution >= 0.6 is 11.6 Å². The minimum Gasteiger partial charge on any atom is -0.262 e. The molecule has 2 rings (SSSR count). The van der Waals surface area contributed by atoms with Gasteiger partial charge in [-0.3, -0.25) is 5.10 Å². The number of benzene rings is 1. The quantitative estimate of drug-likeness (QED) is 0.926. The molecule has 1 aromatic heterocycles. The van der Waals surface area contributed by atoms with Crippen molar-refractivity contribution >= 4 is 21.6 Å². The lowest BCUT2D eigenvalue weighted by Crippen LogP contribution is -2.27. The molecule has 2 aromatic rings. The maximum Gasteiger partial charge on any atom is 0.243 e. The van der Waals surface area contributed by atoms with Gasteiger partial charge in [0, 0.05) is 12.1 Å². The monoisotopic (exact) mass is 304 g/mol. The first-order valence-corrected chi connectivity index (χ1v) is 6.98. The molecular formula is C10H10ClFN4O2S. The average Bonchev–Trinajstić information content (AvgIpc) is 2.80. The molecule has 0 atom stereocenters. The molecule has 0 saturated carbocycles. The Labute approximate surface area is 114 Å². The van der Waals surface area contributed by atoms with Gasteiger partial charge in [0.05, 0.1) is 11.4 Å². The van der Waals surface area contributed by atoms with Gasteiger partial charge in [0.25, 0.3) is 0 Å². The molecular weight excluding hydrogens is 295 g/mol. The molecule has 1 aromatic carbocycles. The van der Waals surface area contributed by atoms with E-state index < -0.39 is 15.8 Å². The Balaban J connectivity index is 2.31. The topological polar surface area (TPSA) is 79.0 Å². The lowest BCUT2D eigenvalue weighted by Gasteiger charge is -2.15. The molecule has 0 aliphatic rings. The van der Waals surface area contributed by atoms with Gasteiger partial charge < -0.3 is 0 Å². The maximum atomic E-state index is 13.2. The van der Waals surface area contributed by atoms with Crippen LogP contribution in [0.3, 0.4) is 0 Å². The first kappa shape index (κ1) is 13.9. The van der Waals surface area contributed by atoms with Gasteiger partial charge in [-0.05, 0) is 18.2 Å². The van der Waals surface area contributed by atoms with Crippen molar-refractivity contribution in [1.82, 2.24) is 19.5 Å². The van der Waals surface area contributed by atoms with Crippen LogP contribution in [0.15, 0.2) is 29.4 Å². The Bertz CT molecular complexity index is 655. The van der Waals surface area contributed by atoms with E-state index in [1.54, 1.807) is 0 Å². The Kier molecular flexibility index (Phi) is 3.83. The molecule has 0 radical (unpaired) electrons. The van der Waals surface area contributed by atoms with Gasteiger partial charge in [0.15, 0.2) is 0 Å². The zero-order valence-corrected chi connectivity index (χ0v) is 11.4. The molecule has 0 bridgehead atoms. The fourth-order valence-corrected chi connectivity index (χ4v) is 2.94. The van der Waals surface area contributed by atoms with Crippen molar-refractivity contribution in [1.29, 1.82) is 0 Å². The van der Waals surface area contributed by atoms with E-state index in [9.17, 15) is 12.8 Å². The van der Waals surface area contributed by atoms with Crippen LogP contribution in [0.2, 0.25) is 5.02 Å². The summed E-state index contributed by atoms with van der Waals surface area (Å²) in [5, 5.41) is 6.19. The highest BCUT2D eigenvalue weighted by molar-refractivity contribution is 7.89. The maximum absolute atomic E-state index is 13.2. The van der Waals surface area contributed by atoms with E-state index in [4.69, 9.17) is 11.6 Å². The van der Waals surface area contributed by atoms with Gasteiger partial charge in [-0.25, -0.2) is 17.8 Å². The summed E-state index contributed by atoms with van der Waals surface area (Å²) >= 11 is 5.65. The van der Waals surface area contributed by atoms with Gasteiger partial charge >= 0.3 is 0 Å². The lowest BCUT2D eigenvalue weighted by atomic mass is 10.3. The zero-order valence-electron chi connectivity index (χ0n) is 9.84. The Hall–Kier alpha value is -1.51. The molecule has 102 valence electrons. The van der Waals surface area contributed by atoms with Gasteiger partial charge in [-0.15, -0.1) is 0 Å². The van der Waals surface area contributed by atoms with Crippen LogP contribution < -0.4 is 0 Å². The second kappa shape index (κ2) is 5.24. The number of aromatic nitrogens is 3. The second-order valence-corrected chi connectivity index (χ2v) is 6.28. The number of halogens is 2. The normalized spacial score (nSPS) is 12.0. The summed E-state index contributed by atoms with van der Waals surface area (Å²) in [6.07, 6.45) is 1.27. The highest BCUT2D eigenvalue weighted by Gasteiger charge is 2.22. The largest absolute Gasteiger partial charge is 0.262 e. The van der Waals surface area contributed by atoms with Gasteiger partial charge in [-0.2, -0.15) is 9.40 Å². The summed E-state index contributed by atoms with van der Waals surface area (Å²) < 4.78 is 38.6. The number of hydrogen-bond donors (Lipinski definition) is 1. The van der Waals surface area contributed by atoms with Crippen LogP contribution in [-0.4, -0.2) is 35.0 Å². The summed E-state index contributed by atoms with van der Waals surface area (Å²) in [6, 6.07) is 3.14.